The molecule has 0 aliphatic rings. The minimum Gasteiger partial charge on any atom is -0.228 e. The molecule has 7 heteroatoms. The first-order valence-corrected chi connectivity index (χ1v) is 34.6. The molecule has 0 bridgehead atoms. The van der Waals surface area contributed by atoms with Crippen LogP contribution in [0.4, 0.5) is 0 Å². The fourth-order valence-electron chi connectivity index (χ4n) is 14.3. The lowest BCUT2D eigenvalue weighted by molar-refractivity contribution is 1.08. The predicted molar refractivity (Wildman–Crippen MR) is 414 cm³/mol. The summed E-state index contributed by atoms with van der Waals surface area (Å²) in [5.74, 6) is 2.51. The standard InChI is InChI=1S/C91H55N5S2/c1-5-20-56(21-6-1)57-38-40-58(41-39-57)59-42-44-60(45-43-59)68-52-79(85-77-36-19-35-76(87(77)98-84(85)54-68)82-55-81(61-22-7-2-8-23-61)92-88(93-82)62-24-9-3-10-25-62)66-28-17-29-67(50-66)90-94-89(63-26-11-4-12-27-63)95-91(96-90)78-37-18-34-75-74-49-47-65(53-83(74)97-86(75)78)64-46-48-73-71-32-14-13-30-69(71)70-31-15-16-33-72(70)80(73)51-64/h1-55H. The smallest absolute Gasteiger partial charge is 0.165 e. The Morgan fingerprint density at radius 3 is 1.20 bits per heavy atom. The molecule has 4 heterocycles. The highest BCUT2D eigenvalue weighted by molar-refractivity contribution is 7.26. The molecule has 0 amide bonds. The van der Waals surface area contributed by atoms with E-state index < -0.39 is 0 Å². The first kappa shape index (κ1) is 57.1. The zero-order valence-corrected chi connectivity index (χ0v) is 54.4. The van der Waals surface area contributed by atoms with Gasteiger partial charge < -0.3 is 0 Å². The average molecular weight is 1280 g/mol. The topological polar surface area (TPSA) is 64.5 Å². The summed E-state index contributed by atoms with van der Waals surface area (Å²) in [5.41, 5.74) is 19.1. The van der Waals surface area contributed by atoms with E-state index in [9.17, 15) is 0 Å². The maximum absolute atomic E-state index is 5.49. The van der Waals surface area contributed by atoms with Gasteiger partial charge in [0, 0.05) is 73.7 Å². The van der Waals surface area contributed by atoms with Crippen LogP contribution >= 0.6 is 22.7 Å². The largest absolute Gasteiger partial charge is 0.228 e. The van der Waals surface area contributed by atoms with Crippen molar-refractivity contribution in [1.29, 1.82) is 0 Å². The van der Waals surface area contributed by atoms with E-state index in [0.717, 1.165) is 87.4 Å². The molecule has 0 atom stereocenters. The van der Waals surface area contributed by atoms with Crippen LogP contribution in [-0.4, -0.2) is 24.9 Å². The number of hydrogen-bond donors (Lipinski definition) is 0. The maximum Gasteiger partial charge on any atom is 0.165 e. The van der Waals surface area contributed by atoms with Gasteiger partial charge in [0.25, 0.3) is 0 Å². The molecule has 4 aromatic heterocycles. The Labute approximate surface area is 573 Å². The van der Waals surface area contributed by atoms with Crippen molar-refractivity contribution >= 4 is 95.3 Å². The molecule has 19 aromatic rings. The molecule has 0 spiro atoms. The normalized spacial score (nSPS) is 11.7. The van der Waals surface area contributed by atoms with E-state index in [0.29, 0.717) is 23.3 Å². The Morgan fingerprint density at radius 1 is 0.173 bits per heavy atom. The molecule has 456 valence electrons. The summed E-state index contributed by atoms with van der Waals surface area (Å²) in [4.78, 5) is 26.7. The van der Waals surface area contributed by atoms with E-state index in [1.807, 2.05) is 53.8 Å². The maximum atomic E-state index is 5.49. The number of hydrogen-bond acceptors (Lipinski definition) is 7. The van der Waals surface area contributed by atoms with Gasteiger partial charge in [-0.3, -0.25) is 0 Å². The van der Waals surface area contributed by atoms with E-state index >= 15 is 0 Å². The molecule has 0 saturated carbocycles. The molecular formula is C91H55N5S2. The van der Waals surface area contributed by atoms with Crippen LogP contribution in [0.3, 0.4) is 0 Å². The van der Waals surface area contributed by atoms with Crippen LogP contribution in [0.25, 0.3) is 196 Å². The van der Waals surface area contributed by atoms with Gasteiger partial charge in [-0.2, -0.15) is 0 Å². The molecule has 15 aromatic carbocycles. The number of nitrogens with zero attached hydrogens (tertiary/aromatic N) is 5. The van der Waals surface area contributed by atoms with Crippen molar-refractivity contribution in [2.75, 3.05) is 0 Å². The van der Waals surface area contributed by atoms with Gasteiger partial charge in [0.15, 0.2) is 23.3 Å². The van der Waals surface area contributed by atoms with Gasteiger partial charge in [-0.25, -0.2) is 24.9 Å². The third kappa shape index (κ3) is 10.1. The third-order valence-electron chi connectivity index (χ3n) is 19.2. The molecule has 5 nitrogen and oxygen atoms in total. The third-order valence-corrected chi connectivity index (χ3v) is 21.5. The number of aromatic nitrogens is 5. The number of fused-ring (bicyclic) bond motifs is 12. The Kier molecular flexibility index (Phi) is 13.9. The van der Waals surface area contributed by atoms with E-state index in [1.54, 1.807) is 11.3 Å². The fourth-order valence-corrected chi connectivity index (χ4v) is 16.9. The molecule has 0 N–H and O–H groups in total. The highest BCUT2D eigenvalue weighted by atomic mass is 32.1. The van der Waals surface area contributed by atoms with E-state index in [4.69, 9.17) is 24.9 Å². The van der Waals surface area contributed by atoms with Crippen LogP contribution in [0.2, 0.25) is 0 Å². The van der Waals surface area contributed by atoms with Crippen LogP contribution in [0.5, 0.6) is 0 Å². The molecular weight excluding hydrogens is 1230 g/mol. The molecule has 0 unspecified atom stereocenters. The van der Waals surface area contributed by atoms with Gasteiger partial charge in [0.2, 0.25) is 0 Å². The summed E-state index contributed by atoms with van der Waals surface area (Å²) >= 11 is 3.61. The van der Waals surface area contributed by atoms with Crippen molar-refractivity contribution < 1.29 is 0 Å². The second kappa shape index (κ2) is 23.8. The summed E-state index contributed by atoms with van der Waals surface area (Å²) in [7, 11) is 0. The summed E-state index contributed by atoms with van der Waals surface area (Å²) < 4.78 is 4.66. The van der Waals surface area contributed by atoms with Crippen LogP contribution in [0.1, 0.15) is 0 Å². The summed E-state index contributed by atoms with van der Waals surface area (Å²) in [5, 5.41) is 12.3. The molecule has 98 heavy (non-hydrogen) atoms. The van der Waals surface area contributed by atoms with E-state index in [-0.39, 0.29) is 0 Å². The Hall–Kier alpha value is -12.4. The quantitative estimate of drug-likeness (QED) is 0.121. The molecule has 0 aliphatic heterocycles. The lowest BCUT2D eigenvalue weighted by Gasteiger charge is -2.13. The van der Waals surface area contributed by atoms with Gasteiger partial charge in [-0.05, 0) is 130 Å². The van der Waals surface area contributed by atoms with Gasteiger partial charge in [0.05, 0.1) is 11.4 Å². The van der Waals surface area contributed by atoms with Crippen molar-refractivity contribution in [3.8, 4) is 124 Å². The monoisotopic (exact) mass is 1280 g/mol. The minimum atomic E-state index is 0.595. The summed E-state index contributed by atoms with van der Waals surface area (Å²) in [6, 6.07) is 120. The molecule has 0 aliphatic carbocycles. The molecule has 0 saturated heterocycles. The predicted octanol–water partition coefficient (Wildman–Crippen LogP) is 25.2. The van der Waals surface area contributed by atoms with Gasteiger partial charge in [-0.1, -0.05) is 291 Å². The van der Waals surface area contributed by atoms with Crippen LogP contribution in [0.15, 0.2) is 334 Å². The molecule has 0 radical (unpaired) electrons. The van der Waals surface area contributed by atoms with E-state index in [1.165, 1.54) is 85.7 Å². The van der Waals surface area contributed by atoms with Gasteiger partial charge in [0.1, 0.15) is 0 Å². The highest BCUT2D eigenvalue weighted by Gasteiger charge is 2.22. The van der Waals surface area contributed by atoms with Crippen molar-refractivity contribution in [1.82, 2.24) is 24.9 Å². The lowest BCUT2D eigenvalue weighted by atomic mass is 9.92. The molecule has 19 rings (SSSR count). The minimum absolute atomic E-state index is 0.595. The first-order chi connectivity index (χ1) is 48.5. The van der Waals surface area contributed by atoms with Crippen molar-refractivity contribution in [2.24, 2.45) is 0 Å². The average Bonchev–Trinajstić information content (AvgIpc) is 1.55. The second-order valence-electron chi connectivity index (χ2n) is 25.0. The van der Waals surface area contributed by atoms with Crippen molar-refractivity contribution in [3.05, 3.63) is 334 Å². The number of benzene rings is 15. The van der Waals surface area contributed by atoms with Gasteiger partial charge >= 0.3 is 0 Å². The highest BCUT2D eigenvalue weighted by Crippen LogP contribution is 2.48. The summed E-state index contributed by atoms with van der Waals surface area (Å²) in [6.07, 6.45) is 0. The number of thiophene rings is 2. The Balaban J connectivity index is 0.749. The van der Waals surface area contributed by atoms with Crippen LogP contribution < -0.4 is 0 Å². The zero-order valence-electron chi connectivity index (χ0n) is 52.8. The second-order valence-corrected chi connectivity index (χ2v) is 27.1. The first-order valence-electron chi connectivity index (χ1n) is 33.0. The summed E-state index contributed by atoms with van der Waals surface area (Å²) in [6.45, 7) is 0. The molecule has 0 fully saturated rings. The Bertz CT molecular complexity index is 6230. The Morgan fingerprint density at radius 2 is 0.571 bits per heavy atom. The van der Waals surface area contributed by atoms with Crippen molar-refractivity contribution in [3.63, 3.8) is 0 Å². The van der Waals surface area contributed by atoms with Crippen molar-refractivity contribution in [2.45, 2.75) is 0 Å². The lowest BCUT2D eigenvalue weighted by Crippen LogP contribution is -2.00. The fraction of sp³-hybridized carbons (Fsp3) is 0. The number of rotatable bonds is 11. The SMILES string of the molecule is c1ccc(-c2ccc(-c3ccc(-c4cc(-c5cccc(-c6nc(-c7ccccc7)nc(-c7cccc8c7sc7cc(-c9ccc%10c%11ccccc%11c%11ccccc%11c%10c9)ccc78)n6)c5)c5c(c4)sc4c(-c6cc(-c7ccccc7)nc(-c7ccccc7)n6)cccc45)cc3)cc2)cc1. The zero-order chi connectivity index (χ0) is 64.6. The van der Waals surface area contributed by atoms with Crippen LogP contribution in [-0.2, 0) is 0 Å². The van der Waals surface area contributed by atoms with E-state index in [2.05, 4.69) is 291 Å². The van der Waals surface area contributed by atoms with Gasteiger partial charge in [-0.15, -0.1) is 22.7 Å². The van der Waals surface area contributed by atoms with Crippen LogP contribution in [0, 0.1) is 0 Å².